The first-order valence-electron chi connectivity index (χ1n) is 18.5. The van der Waals surface area contributed by atoms with Crippen molar-refractivity contribution in [3.8, 4) is 22.6 Å². The topological polar surface area (TPSA) is 113 Å². The van der Waals surface area contributed by atoms with Crippen LogP contribution in [-0.2, 0) is 5.54 Å². The number of hydrogen-bond acceptors (Lipinski definition) is 4. The second-order valence-electron chi connectivity index (χ2n) is 14.5. The van der Waals surface area contributed by atoms with Crippen molar-refractivity contribution in [3.05, 3.63) is 175 Å². The number of para-hydroxylation sites is 3. The zero-order valence-electron chi connectivity index (χ0n) is 29.3. The van der Waals surface area contributed by atoms with Gasteiger partial charge in [0.25, 0.3) is 0 Å². The Morgan fingerprint density at radius 1 is 0.636 bits per heavy atom. The van der Waals surface area contributed by atoms with E-state index in [0.717, 1.165) is 99.5 Å². The average molecular weight is 713 g/mol. The van der Waals surface area contributed by atoms with Crippen molar-refractivity contribution in [2.45, 2.75) is 11.6 Å². The Hall–Kier alpha value is -7.29. The van der Waals surface area contributed by atoms with Gasteiger partial charge >= 0.3 is 0 Å². The maximum atomic E-state index is 13.8. The van der Waals surface area contributed by atoms with Crippen LogP contribution in [0.2, 0.25) is 0 Å². The standard InChI is InChI=1S/C47H32N6O2/c54-45-42-39(22-21-34(43-31-15-5-2-14-30(31)26-55-43)41(42)38-23-27-11-3-8-18-35(27)49-38)53(46-33-17-7-10-20-37(33)51-52-46)47(45,40-24-28-12-4-9-19-36(28)50-40)44-32-16-6-1-13-29(32)25-48-44/h1-26,45,48-50,54H,(H,51,52). The summed E-state index contributed by atoms with van der Waals surface area (Å²) in [6, 6.07) is 49.9. The minimum Gasteiger partial charge on any atom is -0.463 e. The van der Waals surface area contributed by atoms with Gasteiger partial charge in [-0.05, 0) is 59.3 Å². The molecule has 2 atom stereocenters. The second-order valence-corrected chi connectivity index (χ2v) is 14.5. The first-order chi connectivity index (χ1) is 27.2. The SMILES string of the molecule is OC1c2c(ccc(-c3occ4ccccc34)c2-c2cc3ccccc3[nH]2)N(c2n[nH]c3ccccc23)C1(c1cc2ccccc2[nH]1)c1[nH]cc2ccccc12. The van der Waals surface area contributed by atoms with E-state index in [4.69, 9.17) is 9.52 Å². The number of hydrogen-bond donors (Lipinski definition) is 5. The molecule has 0 amide bonds. The van der Waals surface area contributed by atoms with Crippen LogP contribution >= 0.6 is 0 Å². The Labute approximate surface area is 313 Å². The maximum absolute atomic E-state index is 13.8. The number of aliphatic hydroxyl groups excluding tert-OH is 1. The van der Waals surface area contributed by atoms with Crippen LogP contribution in [0.1, 0.15) is 23.1 Å². The minimum absolute atomic E-state index is 0.699. The fraction of sp³-hybridized carbons (Fsp3) is 0.0426. The molecule has 55 heavy (non-hydrogen) atoms. The molecule has 0 bridgehead atoms. The molecule has 6 heterocycles. The molecular weight excluding hydrogens is 681 g/mol. The number of nitrogens with zero attached hydrogens (tertiary/aromatic N) is 2. The third kappa shape index (κ3) is 4.06. The second kappa shape index (κ2) is 11.1. The molecule has 8 nitrogen and oxygen atoms in total. The molecule has 1 aliphatic heterocycles. The van der Waals surface area contributed by atoms with E-state index in [1.54, 1.807) is 0 Å². The van der Waals surface area contributed by atoms with Crippen molar-refractivity contribution in [3.63, 3.8) is 0 Å². The van der Waals surface area contributed by atoms with Gasteiger partial charge in [-0.25, -0.2) is 0 Å². The minimum atomic E-state index is -1.26. The number of furan rings is 1. The number of aromatic amines is 4. The van der Waals surface area contributed by atoms with Crippen molar-refractivity contribution < 1.29 is 9.52 Å². The normalized spacial score (nSPS) is 17.0. The molecular formula is C47H32N6O2. The number of anilines is 2. The zero-order chi connectivity index (χ0) is 36.3. The maximum Gasteiger partial charge on any atom is 0.164 e. The van der Waals surface area contributed by atoms with Crippen molar-refractivity contribution in [1.82, 2.24) is 25.1 Å². The van der Waals surface area contributed by atoms with Gasteiger partial charge in [-0.15, -0.1) is 0 Å². The fourth-order valence-corrected chi connectivity index (χ4v) is 9.21. The third-order valence-electron chi connectivity index (χ3n) is 11.6. The smallest absolute Gasteiger partial charge is 0.164 e. The van der Waals surface area contributed by atoms with E-state index >= 15 is 0 Å². The molecule has 0 saturated heterocycles. The van der Waals surface area contributed by atoms with E-state index in [-0.39, 0.29) is 0 Å². The summed E-state index contributed by atoms with van der Waals surface area (Å²) in [6.45, 7) is 0. The van der Waals surface area contributed by atoms with Crippen LogP contribution in [0.5, 0.6) is 0 Å². The molecule has 1 aliphatic rings. The van der Waals surface area contributed by atoms with E-state index in [9.17, 15) is 5.11 Å². The van der Waals surface area contributed by atoms with Gasteiger partial charge in [0.05, 0.1) is 28.9 Å². The summed E-state index contributed by atoms with van der Waals surface area (Å²) in [7, 11) is 0. The Balaban J connectivity index is 1.26. The van der Waals surface area contributed by atoms with E-state index in [2.05, 4.69) is 110 Å². The predicted octanol–water partition coefficient (Wildman–Crippen LogP) is 11.2. The summed E-state index contributed by atoms with van der Waals surface area (Å²) in [5.74, 6) is 1.44. The lowest BCUT2D eigenvalue weighted by Gasteiger charge is -2.40. The molecule has 8 heteroatoms. The molecule has 12 rings (SSSR count). The first kappa shape index (κ1) is 30.2. The van der Waals surface area contributed by atoms with Gasteiger partial charge in [0, 0.05) is 66.5 Å². The molecule has 0 saturated carbocycles. The molecule has 262 valence electrons. The number of rotatable bonds is 5. The monoisotopic (exact) mass is 712 g/mol. The van der Waals surface area contributed by atoms with Gasteiger partial charge < -0.3 is 29.4 Å². The Bertz CT molecular complexity index is 3220. The molecule has 5 aromatic heterocycles. The number of H-pyrrole nitrogens is 4. The average Bonchev–Trinajstić information content (AvgIpc) is 4.09. The Morgan fingerprint density at radius 2 is 1.29 bits per heavy atom. The highest BCUT2D eigenvalue weighted by Gasteiger charge is 2.59. The number of nitrogens with one attached hydrogen (secondary N) is 4. The molecule has 0 radical (unpaired) electrons. The Morgan fingerprint density at radius 3 is 2.07 bits per heavy atom. The van der Waals surface area contributed by atoms with E-state index < -0.39 is 11.6 Å². The highest BCUT2D eigenvalue weighted by molar-refractivity contribution is 6.04. The number of fused-ring (bicyclic) bond motifs is 6. The van der Waals surface area contributed by atoms with E-state index in [1.807, 2.05) is 73.1 Å². The van der Waals surface area contributed by atoms with Gasteiger partial charge in [0.1, 0.15) is 11.9 Å². The molecule has 2 unspecified atom stereocenters. The Kier molecular flexibility index (Phi) is 6.10. The van der Waals surface area contributed by atoms with Gasteiger partial charge in [-0.2, -0.15) is 5.10 Å². The lowest BCUT2D eigenvalue weighted by molar-refractivity contribution is 0.115. The number of aromatic nitrogens is 5. The van der Waals surface area contributed by atoms with Crippen LogP contribution in [0.3, 0.4) is 0 Å². The lowest BCUT2D eigenvalue weighted by atomic mass is 9.80. The van der Waals surface area contributed by atoms with E-state index in [1.165, 1.54) is 0 Å². The summed E-state index contributed by atoms with van der Waals surface area (Å²) >= 11 is 0. The van der Waals surface area contributed by atoms with Crippen molar-refractivity contribution in [2.75, 3.05) is 4.90 Å². The number of aliphatic hydroxyl groups is 1. The lowest BCUT2D eigenvalue weighted by Crippen LogP contribution is -2.46. The van der Waals surface area contributed by atoms with Crippen LogP contribution in [0.4, 0.5) is 11.5 Å². The largest absolute Gasteiger partial charge is 0.463 e. The predicted molar refractivity (Wildman–Crippen MR) is 220 cm³/mol. The summed E-state index contributed by atoms with van der Waals surface area (Å²) in [4.78, 5) is 13.5. The van der Waals surface area contributed by atoms with Crippen LogP contribution in [0.25, 0.3) is 76.8 Å². The molecule has 11 aromatic rings. The highest BCUT2D eigenvalue weighted by atomic mass is 16.3. The van der Waals surface area contributed by atoms with Gasteiger partial charge in [0.2, 0.25) is 0 Å². The summed E-state index contributed by atoms with van der Waals surface area (Å²) < 4.78 is 6.46. The molecule has 6 aromatic carbocycles. The van der Waals surface area contributed by atoms with Crippen molar-refractivity contribution in [2.24, 2.45) is 0 Å². The van der Waals surface area contributed by atoms with Crippen molar-refractivity contribution >= 4 is 65.8 Å². The number of benzene rings is 6. The third-order valence-corrected chi connectivity index (χ3v) is 11.6. The molecule has 5 N–H and O–H groups in total. The van der Waals surface area contributed by atoms with Crippen LogP contribution in [-0.4, -0.2) is 30.3 Å². The van der Waals surface area contributed by atoms with Crippen molar-refractivity contribution in [1.29, 1.82) is 0 Å². The molecule has 0 fully saturated rings. The summed E-state index contributed by atoms with van der Waals surface area (Å²) in [5, 5.41) is 29.3. The fourth-order valence-electron chi connectivity index (χ4n) is 9.21. The summed E-state index contributed by atoms with van der Waals surface area (Å²) in [6.07, 6.45) is 2.71. The van der Waals surface area contributed by atoms with E-state index in [0.29, 0.717) is 5.82 Å². The van der Waals surface area contributed by atoms with Gasteiger partial charge in [-0.3, -0.25) is 5.10 Å². The molecule has 0 aliphatic carbocycles. The zero-order valence-corrected chi connectivity index (χ0v) is 29.3. The van der Waals surface area contributed by atoms with Crippen LogP contribution < -0.4 is 4.90 Å². The quantitative estimate of drug-likeness (QED) is 0.122. The van der Waals surface area contributed by atoms with Crippen LogP contribution in [0, 0.1) is 0 Å². The molecule has 0 spiro atoms. The first-order valence-corrected chi connectivity index (χ1v) is 18.5. The summed E-state index contributed by atoms with van der Waals surface area (Å²) in [5.41, 5.74) is 7.49. The van der Waals surface area contributed by atoms with Gasteiger partial charge in [0.15, 0.2) is 11.4 Å². The highest BCUT2D eigenvalue weighted by Crippen LogP contribution is 2.63. The van der Waals surface area contributed by atoms with Gasteiger partial charge in [-0.1, -0.05) is 97.1 Å². The van der Waals surface area contributed by atoms with Crippen LogP contribution in [0.15, 0.2) is 162 Å².